The number of rotatable bonds is 19. The van der Waals surface area contributed by atoms with Crippen molar-refractivity contribution >= 4 is 55.4 Å². The minimum atomic E-state index is -2.36. The van der Waals surface area contributed by atoms with Crippen molar-refractivity contribution in [3.63, 3.8) is 0 Å². The molecule has 0 aliphatic rings. The summed E-state index contributed by atoms with van der Waals surface area (Å²) in [5, 5.41) is 12.8. The van der Waals surface area contributed by atoms with Gasteiger partial charge in [-0.2, -0.15) is 0 Å². The van der Waals surface area contributed by atoms with Gasteiger partial charge in [-0.1, -0.05) is 51.5 Å². The lowest BCUT2D eigenvalue weighted by atomic mass is 10.1. The summed E-state index contributed by atoms with van der Waals surface area (Å²) in [4.78, 5) is 79.1. The quantitative estimate of drug-likeness (QED) is 0.0656. The molecule has 2 unspecified atom stereocenters. The van der Waals surface area contributed by atoms with Gasteiger partial charge in [-0.15, -0.1) is 11.3 Å². The summed E-state index contributed by atoms with van der Waals surface area (Å²) in [6.45, 7) is 16.9. The molecule has 0 saturated heterocycles. The van der Waals surface area contributed by atoms with Gasteiger partial charge in [0.25, 0.3) is 5.91 Å². The molecule has 4 amide bonds. The molecule has 17 heteroatoms. The minimum Gasteiger partial charge on any atom is -0.467 e. The second-order valence-electron chi connectivity index (χ2n) is 15.2. The maximum atomic E-state index is 13.5. The third-order valence-electron chi connectivity index (χ3n) is 8.47. The number of thiazole rings is 1. The zero-order valence-corrected chi connectivity index (χ0v) is 35.0. The lowest BCUT2D eigenvalue weighted by Crippen LogP contribution is -2.56. The van der Waals surface area contributed by atoms with Crippen LogP contribution in [0.1, 0.15) is 90.2 Å². The Morgan fingerprint density at radius 1 is 0.870 bits per heavy atom. The highest BCUT2D eigenvalue weighted by atomic mass is 32.1. The van der Waals surface area contributed by atoms with Crippen molar-refractivity contribution in [3.05, 3.63) is 40.9 Å². The second-order valence-corrected chi connectivity index (χ2v) is 20.9. The topological polar surface area (TPSA) is 200 Å². The highest BCUT2D eigenvalue weighted by Crippen LogP contribution is 2.36. The number of esters is 2. The van der Waals surface area contributed by atoms with Crippen LogP contribution in [0.3, 0.4) is 0 Å². The predicted octanol–water partition coefficient (Wildman–Crippen LogP) is 4.85. The first-order valence-corrected chi connectivity index (χ1v) is 21.7. The summed E-state index contributed by atoms with van der Waals surface area (Å²) in [5.41, 5.74) is 1.19. The molecule has 1 aromatic heterocycles. The van der Waals surface area contributed by atoms with E-state index in [1.807, 2.05) is 58.1 Å². The van der Waals surface area contributed by atoms with E-state index in [0.29, 0.717) is 30.9 Å². The van der Waals surface area contributed by atoms with Gasteiger partial charge < -0.3 is 39.9 Å². The van der Waals surface area contributed by atoms with Crippen LogP contribution in [0.5, 0.6) is 0 Å². The molecule has 2 aromatic rings. The number of unbranched alkanes of at least 4 members (excludes halogenated alkanes) is 2. The molecular formula is C37H57N5O10SSi. The number of ether oxygens (including phenoxy) is 3. The van der Waals surface area contributed by atoms with Crippen molar-refractivity contribution in [2.75, 3.05) is 26.9 Å². The number of hydrogen-bond acceptors (Lipinski definition) is 12. The molecule has 0 spiro atoms. The number of aromatic nitrogens is 1. The van der Waals surface area contributed by atoms with Crippen LogP contribution >= 0.6 is 11.3 Å². The van der Waals surface area contributed by atoms with Gasteiger partial charge in [-0.3, -0.25) is 19.2 Å². The number of nitrogens with one attached hydrogen (secondary N) is 4. The molecule has 1 aromatic carbocycles. The number of carbonyl (C=O) groups is 6. The van der Waals surface area contributed by atoms with Gasteiger partial charge >= 0.3 is 18.0 Å². The number of amides is 4. The van der Waals surface area contributed by atoms with Gasteiger partial charge in [0.1, 0.15) is 29.0 Å². The van der Waals surface area contributed by atoms with Crippen molar-refractivity contribution in [2.24, 2.45) is 0 Å². The van der Waals surface area contributed by atoms with Crippen LogP contribution in [0.4, 0.5) is 4.79 Å². The van der Waals surface area contributed by atoms with Gasteiger partial charge in [0.05, 0.1) is 13.7 Å². The van der Waals surface area contributed by atoms with E-state index < -0.39 is 62.5 Å². The van der Waals surface area contributed by atoms with E-state index in [1.165, 1.54) is 18.3 Å². The van der Waals surface area contributed by atoms with E-state index in [0.717, 1.165) is 31.1 Å². The molecule has 1 heterocycles. The van der Waals surface area contributed by atoms with E-state index in [-0.39, 0.29) is 23.2 Å². The molecule has 2 rings (SSSR count). The number of nitrogens with zero attached hydrogens (tertiary/aromatic N) is 1. The lowest BCUT2D eigenvalue weighted by molar-refractivity contribution is -0.151. The fraction of sp³-hybridized carbons (Fsp3) is 0.595. The zero-order valence-electron chi connectivity index (χ0n) is 33.1. The van der Waals surface area contributed by atoms with Gasteiger partial charge in [-0.05, 0) is 57.3 Å². The molecule has 0 fully saturated rings. The van der Waals surface area contributed by atoms with Crippen LogP contribution < -0.4 is 21.3 Å². The third-order valence-corrected chi connectivity index (χ3v) is 13.9. The molecule has 54 heavy (non-hydrogen) atoms. The fourth-order valence-electron chi connectivity index (χ4n) is 4.36. The average Bonchev–Trinajstić information content (AvgIpc) is 3.58. The number of alkyl carbamates (subject to hydrolysis) is 1. The number of benzene rings is 1. The summed E-state index contributed by atoms with van der Waals surface area (Å²) in [5.74, 6) is -2.88. The van der Waals surface area contributed by atoms with Crippen molar-refractivity contribution in [3.8, 4) is 10.6 Å². The smallest absolute Gasteiger partial charge is 0.407 e. The molecule has 4 N–H and O–H groups in total. The molecule has 0 aliphatic carbocycles. The van der Waals surface area contributed by atoms with Crippen molar-refractivity contribution < 1.29 is 47.4 Å². The molecule has 0 saturated carbocycles. The summed E-state index contributed by atoms with van der Waals surface area (Å²) in [6, 6.07) is 4.91. The van der Waals surface area contributed by atoms with Crippen LogP contribution in [0.15, 0.2) is 29.6 Å². The van der Waals surface area contributed by atoms with Gasteiger partial charge in [0.15, 0.2) is 14.4 Å². The molecule has 0 radical (unpaired) electrons. The Morgan fingerprint density at radius 3 is 2.13 bits per heavy atom. The molecule has 300 valence electrons. The average molecular weight is 792 g/mol. The Morgan fingerprint density at radius 2 is 1.54 bits per heavy atom. The Balaban J connectivity index is 1.99. The molecular weight excluding hydrogens is 735 g/mol. The monoisotopic (exact) mass is 791 g/mol. The fourth-order valence-corrected chi connectivity index (χ4v) is 6.19. The van der Waals surface area contributed by atoms with Crippen LogP contribution in [-0.4, -0.2) is 93.6 Å². The largest absolute Gasteiger partial charge is 0.467 e. The van der Waals surface area contributed by atoms with Crippen molar-refractivity contribution in [1.29, 1.82) is 0 Å². The summed E-state index contributed by atoms with van der Waals surface area (Å²) < 4.78 is 21.1. The highest BCUT2D eigenvalue weighted by molar-refractivity contribution is 7.13. The first-order valence-electron chi connectivity index (χ1n) is 17.9. The maximum Gasteiger partial charge on any atom is 0.407 e. The van der Waals surface area contributed by atoms with Crippen molar-refractivity contribution in [2.45, 2.75) is 117 Å². The summed E-state index contributed by atoms with van der Waals surface area (Å²) in [6.07, 6.45) is 2.15. The first-order chi connectivity index (χ1) is 25.1. The molecule has 0 aliphatic heterocycles. The van der Waals surface area contributed by atoms with E-state index in [2.05, 4.69) is 26.3 Å². The Kier molecular flexibility index (Phi) is 17.7. The summed E-state index contributed by atoms with van der Waals surface area (Å²) in [7, 11) is -1.22. The van der Waals surface area contributed by atoms with E-state index in [9.17, 15) is 28.8 Å². The molecule has 0 bridgehead atoms. The number of hydrogen-bond donors (Lipinski definition) is 4. The van der Waals surface area contributed by atoms with Crippen molar-refractivity contribution in [1.82, 2.24) is 26.3 Å². The Labute approximate surface area is 323 Å². The zero-order chi connectivity index (χ0) is 40.7. The Bertz CT molecular complexity index is 1580. The number of methoxy groups -OCH3 is 1. The minimum absolute atomic E-state index is 0.0679. The SMILES string of the molecule is COC(=O)C(COC(C)=O)NC(=O)C(CO[Si](C)(C)C(C)(C)C)NC(=O)c1csc(-c2ccc(CNC(=O)CCCCCNC(=O)OC(C)(C)C)cc2)n1. The maximum absolute atomic E-state index is 13.5. The highest BCUT2D eigenvalue weighted by Gasteiger charge is 2.39. The van der Waals surface area contributed by atoms with E-state index in [4.69, 9.17) is 18.6 Å². The van der Waals surface area contributed by atoms with Gasteiger partial charge in [0.2, 0.25) is 11.8 Å². The van der Waals surface area contributed by atoms with Gasteiger partial charge in [-0.25, -0.2) is 14.6 Å². The Hall–Kier alpha value is -4.35. The van der Waals surface area contributed by atoms with Crippen LogP contribution in [-0.2, 0) is 44.4 Å². The normalized spacial score (nSPS) is 12.9. The van der Waals surface area contributed by atoms with Crippen LogP contribution in [0, 0.1) is 0 Å². The third kappa shape index (κ3) is 16.3. The lowest BCUT2D eigenvalue weighted by Gasteiger charge is -2.37. The predicted molar refractivity (Wildman–Crippen MR) is 207 cm³/mol. The standard InChI is InChI=1S/C37H57N5O10SSi/c1-24(43)50-21-28(34(47)49-8)41-31(45)27(22-51-54(9,10)37(5,6)7)40-32(46)29-23-53-33(42-29)26-17-15-25(16-18-26)20-39-30(44)14-12-11-13-19-38-35(48)52-36(2,3)4/h15-18,23,27-28H,11-14,19-22H2,1-10H3,(H,38,48)(H,39,44)(H,40,46)(H,41,45). The first kappa shape index (κ1) is 45.8. The molecule has 2 atom stereocenters. The van der Waals surface area contributed by atoms with Gasteiger partial charge in [0, 0.05) is 37.4 Å². The summed E-state index contributed by atoms with van der Waals surface area (Å²) >= 11 is 1.25. The van der Waals surface area contributed by atoms with Crippen LogP contribution in [0.25, 0.3) is 10.6 Å². The van der Waals surface area contributed by atoms with E-state index >= 15 is 0 Å². The number of carbonyl (C=O) groups excluding carboxylic acids is 6. The molecule has 15 nitrogen and oxygen atoms in total. The van der Waals surface area contributed by atoms with E-state index in [1.54, 1.807) is 26.2 Å². The van der Waals surface area contributed by atoms with Crippen LogP contribution in [0.2, 0.25) is 18.1 Å². The second kappa shape index (κ2) is 20.9.